The minimum atomic E-state index is -0.182. The Balaban J connectivity index is 2.17. The van der Waals surface area contributed by atoms with Crippen LogP contribution in [-0.4, -0.2) is 6.04 Å². The molecule has 1 nitrogen and oxygen atoms in total. The summed E-state index contributed by atoms with van der Waals surface area (Å²) in [6.07, 6.45) is 3.76. The molecule has 0 bridgehead atoms. The molecule has 0 saturated heterocycles. The highest BCUT2D eigenvalue weighted by Crippen LogP contribution is 2.40. The number of rotatable bonds is 3. The second kappa shape index (κ2) is 5.85. The molecule has 1 saturated carbocycles. The second-order valence-corrected chi connectivity index (χ2v) is 7.43. The lowest BCUT2D eigenvalue weighted by Crippen LogP contribution is -2.48. The third-order valence-corrected chi connectivity index (χ3v) is 5.14. The Morgan fingerprint density at radius 2 is 1.55 bits per heavy atom. The first-order valence-electron chi connectivity index (χ1n) is 7.82. The molecule has 0 heterocycles. The van der Waals surface area contributed by atoms with Crippen LogP contribution in [0.15, 0.2) is 24.3 Å². The quantitative estimate of drug-likeness (QED) is 0.864. The molecule has 2 rings (SSSR count). The van der Waals surface area contributed by atoms with E-state index in [1.165, 1.54) is 31.4 Å². The van der Waals surface area contributed by atoms with E-state index in [0.29, 0.717) is 5.92 Å². The lowest BCUT2D eigenvalue weighted by molar-refractivity contribution is 0.160. The van der Waals surface area contributed by atoms with Crippen molar-refractivity contribution in [2.45, 2.75) is 58.4 Å². The van der Waals surface area contributed by atoms with E-state index in [9.17, 15) is 4.39 Å². The van der Waals surface area contributed by atoms with Crippen molar-refractivity contribution in [2.75, 3.05) is 0 Å². The third-order valence-electron chi connectivity index (χ3n) is 5.14. The first-order chi connectivity index (χ1) is 9.30. The summed E-state index contributed by atoms with van der Waals surface area (Å²) in [5.41, 5.74) is 7.65. The van der Waals surface area contributed by atoms with Gasteiger partial charge in [0.05, 0.1) is 0 Å². The first-order valence-corrected chi connectivity index (χ1v) is 7.82. The summed E-state index contributed by atoms with van der Waals surface area (Å²) in [5, 5.41) is 0. The first kappa shape index (κ1) is 15.5. The Bertz CT molecular complexity index is 427. The zero-order valence-electron chi connectivity index (χ0n) is 13.2. The Hall–Kier alpha value is -0.890. The van der Waals surface area contributed by atoms with Gasteiger partial charge in [-0.05, 0) is 54.7 Å². The topological polar surface area (TPSA) is 26.0 Å². The van der Waals surface area contributed by atoms with Gasteiger partial charge in [-0.3, -0.25) is 0 Å². The van der Waals surface area contributed by atoms with Gasteiger partial charge in [0.25, 0.3) is 0 Å². The van der Waals surface area contributed by atoms with E-state index in [0.717, 1.165) is 17.4 Å². The Kier molecular flexibility index (Phi) is 4.53. The van der Waals surface area contributed by atoms with E-state index in [1.807, 2.05) is 12.1 Å². The molecule has 0 amide bonds. The monoisotopic (exact) mass is 277 g/mol. The Labute approximate surface area is 122 Å². The van der Waals surface area contributed by atoms with Gasteiger partial charge in [-0.25, -0.2) is 4.39 Å². The number of hydrogen-bond donors (Lipinski definition) is 1. The van der Waals surface area contributed by atoms with Crippen molar-refractivity contribution in [2.24, 2.45) is 23.5 Å². The normalized spacial score (nSPS) is 29.2. The summed E-state index contributed by atoms with van der Waals surface area (Å²) < 4.78 is 13.1. The number of hydrogen-bond acceptors (Lipinski definition) is 1. The fourth-order valence-corrected chi connectivity index (χ4v) is 3.96. The fraction of sp³-hybridized carbons (Fsp3) is 0.667. The number of benzene rings is 1. The number of halogens is 1. The molecule has 0 spiro atoms. The summed E-state index contributed by atoms with van der Waals surface area (Å²) in [4.78, 5) is 0. The van der Waals surface area contributed by atoms with Crippen LogP contribution in [0.4, 0.5) is 4.39 Å². The van der Waals surface area contributed by atoms with Crippen molar-refractivity contribution in [3.05, 3.63) is 35.6 Å². The molecule has 112 valence electrons. The van der Waals surface area contributed by atoms with E-state index in [-0.39, 0.29) is 17.3 Å². The molecule has 1 fully saturated rings. The van der Waals surface area contributed by atoms with E-state index in [2.05, 4.69) is 27.7 Å². The number of nitrogens with two attached hydrogens (primary N) is 1. The highest BCUT2D eigenvalue weighted by molar-refractivity contribution is 5.26. The third kappa shape index (κ3) is 3.22. The molecule has 3 atom stereocenters. The summed E-state index contributed by atoms with van der Waals surface area (Å²) in [6.45, 7) is 9.05. The van der Waals surface area contributed by atoms with Crippen LogP contribution >= 0.6 is 0 Å². The van der Waals surface area contributed by atoms with Gasteiger partial charge in [-0.15, -0.1) is 0 Å². The summed E-state index contributed by atoms with van der Waals surface area (Å²) in [6, 6.07) is 6.96. The van der Waals surface area contributed by atoms with Gasteiger partial charge in [0.15, 0.2) is 0 Å². The lowest BCUT2D eigenvalue weighted by Gasteiger charge is -2.42. The van der Waals surface area contributed by atoms with Crippen LogP contribution in [0.25, 0.3) is 0 Å². The zero-order valence-corrected chi connectivity index (χ0v) is 13.2. The van der Waals surface area contributed by atoms with Crippen LogP contribution in [0.1, 0.15) is 52.5 Å². The smallest absolute Gasteiger partial charge is 0.123 e. The van der Waals surface area contributed by atoms with Crippen molar-refractivity contribution < 1.29 is 4.39 Å². The van der Waals surface area contributed by atoms with Crippen molar-refractivity contribution in [1.29, 1.82) is 0 Å². The summed E-state index contributed by atoms with van der Waals surface area (Å²) >= 11 is 0. The molecule has 0 aliphatic heterocycles. The van der Waals surface area contributed by atoms with E-state index in [1.54, 1.807) is 0 Å². The van der Waals surface area contributed by atoms with Crippen molar-refractivity contribution in [3.63, 3.8) is 0 Å². The Morgan fingerprint density at radius 3 is 2.05 bits per heavy atom. The lowest BCUT2D eigenvalue weighted by atomic mass is 9.65. The average Bonchev–Trinajstić information content (AvgIpc) is 2.37. The maximum Gasteiger partial charge on any atom is 0.123 e. The van der Waals surface area contributed by atoms with Gasteiger partial charge in [-0.1, -0.05) is 39.8 Å². The van der Waals surface area contributed by atoms with Crippen molar-refractivity contribution >= 4 is 0 Å². The van der Waals surface area contributed by atoms with Gasteiger partial charge in [0.2, 0.25) is 0 Å². The molecule has 1 aromatic carbocycles. The van der Waals surface area contributed by atoms with Crippen molar-refractivity contribution in [3.8, 4) is 0 Å². The van der Waals surface area contributed by atoms with Gasteiger partial charge in [0.1, 0.15) is 5.82 Å². The molecule has 2 N–H and O–H groups in total. The fourth-order valence-electron chi connectivity index (χ4n) is 3.96. The maximum absolute atomic E-state index is 13.1. The molecule has 1 aromatic rings. The van der Waals surface area contributed by atoms with Crippen LogP contribution < -0.4 is 5.73 Å². The second-order valence-electron chi connectivity index (χ2n) is 7.43. The minimum absolute atomic E-state index is 0.116. The SMILES string of the molecule is CC1CC(C)CC(C(N)C(C)(C)c2ccc(F)cc2)C1. The predicted molar refractivity (Wildman–Crippen MR) is 83.1 cm³/mol. The van der Waals surface area contributed by atoms with Crippen molar-refractivity contribution in [1.82, 2.24) is 0 Å². The minimum Gasteiger partial charge on any atom is -0.327 e. The average molecular weight is 277 g/mol. The Morgan fingerprint density at radius 1 is 1.05 bits per heavy atom. The molecule has 0 aromatic heterocycles. The van der Waals surface area contributed by atoms with Crippen LogP contribution in [-0.2, 0) is 5.41 Å². The summed E-state index contributed by atoms with van der Waals surface area (Å²) in [5.74, 6) is 1.91. The van der Waals surface area contributed by atoms with Gasteiger partial charge in [-0.2, -0.15) is 0 Å². The molecule has 0 radical (unpaired) electrons. The molecule has 1 aliphatic rings. The molecular weight excluding hydrogens is 249 g/mol. The zero-order chi connectivity index (χ0) is 14.9. The van der Waals surface area contributed by atoms with Gasteiger partial charge in [0, 0.05) is 11.5 Å². The molecule has 2 heteroatoms. The highest BCUT2D eigenvalue weighted by atomic mass is 19.1. The predicted octanol–water partition coefficient (Wildman–Crippen LogP) is 4.50. The van der Waals surface area contributed by atoms with Gasteiger partial charge >= 0.3 is 0 Å². The van der Waals surface area contributed by atoms with Crippen LogP contribution in [0.5, 0.6) is 0 Å². The summed E-state index contributed by atoms with van der Waals surface area (Å²) in [7, 11) is 0. The maximum atomic E-state index is 13.1. The molecule has 20 heavy (non-hydrogen) atoms. The van der Waals surface area contributed by atoms with E-state index < -0.39 is 0 Å². The molecule has 3 unspecified atom stereocenters. The standard InChI is InChI=1S/C18H28FN/c1-12-9-13(2)11-14(10-12)17(20)18(3,4)15-5-7-16(19)8-6-15/h5-8,12-14,17H,9-11,20H2,1-4H3. The van der Waals surface area contributed by atoms with Crippen LogP contribution in [0.2, 0.25) is 0 Å². The van der Waals surface area contributed by atoms with E-state index >= 15 is 0 Å². The van der Waals surface area contributed by atoms with Gasteiger partial charge < -0.3 is 5.73 Å². The van der Waals surface area contributed by atoms with E-state index in [4.69, 9.17) is 5.73 Å². The largest absolute Gasteiger partial charge is 0.327 e. The molecular formula is C18H28FN. The van der Waals surface area contributed by atoms with Crippen LogP contribution in [0.3, 0.4) is 0 Å². The highest BCUT2D eigenvalue weighted by Gasteiger charge is 2.37. The van der Waals surface area contributed by atoms with Crippen LogP contribution in [0, 0.1) is 23.6 Å². The molecule has 1 aliphatic carbocycles.